The van der Waals surface area contributed by atoms with Gasteiger partial charge in [-0.15, -0.1) is 0 Å². The van der Waals surface area contributed by atoms with Crippen molar-refractivity contribution in [3.63, 3.8) is 0 Å². The van der Waals surface area contributed by atoms with Crippen LogP contribution in [0.3, 0.4) is 0 Å². The molecule has 0 aromatic carbocycles. The van der Waals surface area contributed by atoms with Crippen LogP contribution < -0.4 is 0 Å². The number of hydrogen-bond donors (Lipinski definition) is 1. The van der Waals surface area contributed by atoms with Gasteiger partial charge in [-0.3, -0.25) is 0 Å². The highest BCUT2D eigenvalue weighted by Crippen LogP contribution is 2.33. The number of aliphatic hydroxyl groups is 1. The van der Waals surface area contributed by atoms with E-state index in [2.05, 4.69) is 0 Å². The van der Waals surface area contributed by atoms with E-state index in [9.17, 15) is 13.9 Å². The molecule has 5 unspecified atom stereocenters. The fraction of sp³-hybridized carbons (Fsp3) is 0.875. The topological polar surface area (TPSA) is 44.0 Å². The third-order valence-electron chi connectivity index (χ3n) is 2.39. The second-order valence-electron chi connectivity index (χ2n) is 3.32. The average Bonchev–Trinajstić information content (AvgIpc) is 2.01. The smallest absolute Gasteiger partial charge is 0.145 e. The summed E-state index contributed by atoms with van der Waals surface area (Å²) < 4.78 is 26.0. The van der Waals surface area contributed by atoms with Gasteiger partial charge < -0.3 is 5.11 Å². The van der Waals surface area contributed by atoms with Gasteiger partial charge in [0.1, 0.15) is 18.3 Å². The Morgan fingerprint density at radius 1 is 1.50 bits per heavy atom. The average molecular weight is 175 g/mol. The molecule has 0 amide bonds. The molecule has 1 saturated carbocycles. The number of halogens is 2. The van der Waals surface area contributed by atoms with E-state index in [0.29, 0.717) is 0 Å². The van der Waals surface area contributed by atoms with Gasteiger partial charge in [0.15, 0.2) is 0 Å². The van der Waals surface area contributed by atoms with Gasteiger partial charge in [0, 0.05) is 0 Å². The number of rotatable bonds is 0. The van der Waals surface area contributed by atoms with Crippen LogP contribution in [0.5, 0.6) is 0 Å². The zero-order valence-electron chi connectivity index (χ0n) is 6.74. The Hall–Kier alpha value is -0.690. The van der Waals surface area contributed by atoms with Crippen LogP contribution in [0.4, 0.5) is 8.78 Å². The van der Waals surface area contributed by atoms with Gasteiger partial charge in [-0.25, -0.2) is 8.78 Å². The van der Waals surface area contributed by atoms with Crippen molar-refractivity contribution in [2.24, 2.45) is 11.8 Å². The van der Waals surface area contributed by atoms with Crippen molar-refractivity contribution in [2.45, 2.75) is 31.8 Å². The van der Waals surface area contributed by atoms with E-state index in [1.165, 1.54) is 0 Å². The summed E-state index contributed by atoms with van der Waals surface area (Å²) in [7, 11) is 0. The Morgan fingerprint density at radius 3 is 2.58 bits per heavy atom. The van der Waals surface area contributed by atoms with Crippen molar-refractivity contribution in [1.29, 1.82) is 5.26 Å². The summed E-state index contributed by atoms with van der Waals surface area (Å²) in [6, 6.07) is 1.54. The highest BCUT2D eigenvalue weighted by atomic mass is 19.1. The summed E-state index contributed by atoms with van der Waals surface area (Å²) in [5.41, 5.74) is 0. The molecule has 0 saturated heterocycles. The maximum Gasteiger partial charge on any atom is 0.145 e. The minimum atomic E-state index is -1.74. The molecular formula is C8H11F2NO. The Kier molecular flexibility index (Phi) is 2.63. The summed E-state index contributed by atoms with van der Waals surface area (Å²) in [5.74, 6) is -1.70. The number of hydrogen-bond acceptors (Lipinski definition) is 2. The second kappa shape index (κ2) is 3.36. The summed E-state index contributed by atoms with van der Waals surface area (Å²) in [6.07, 6.45) is -4.31. The van der Waals surface area contributed by atoms with E-state index in [0.717, 1.165) is 0 Å². The Bertz CT molecular complexity index is 204. The zero-order valence-corrected chi connectivity index (χ0v) is 6.74. The molecule has 0 aromatic heterocycles. The standard InChI is InChI=1S/C8H11F2NO/c1-4-2-6(9)5(3-11)7(10)8(4)12/h4-8,12H,2H2,1H3. The molecule has 1 rings (SSSR count). The first-order valence-electron chi connectivity index (χ1n) is 3.93. The van der Waals surface area contributed by atoms with E-state index < -0.39 is 30.3 Å². The maximum absolute atomic E-state index is 13.0. The van der Waals surface area contributed by atoms with Crippen molar-refractivity contribution in [1.82, 2.24) is 0 Å². The highest BCUT2D eigenvalue weighted by Gasteiger charge is 2.43. The molecule has 1 fully saturated rings. The predicted molar refractivity (Wildman–Crippen MR) is 38.7 cm³/mol. The number of nitriles is 1. The highest BCUT2D eigenvalue weighted by molar-refractivity contribution is 5.01. The second-order valence-corrected chi connectivity index (χ2v) is 3.32. The van der Waals surface area contributed by atoms with Crippen molar-refractivity contribution in [3.05, 3.63) is 0 Å². The van der Waals surface area contributed by atoms with Gasteiger partial charge >= 0.3 is 0 Å². The summed E-state index contributed by atoms with van der Waals surface area (Å²) in [4.78, 5) is 0. The van der Waals surface area contributed by atoms with Gasteiger partial charge in [0.2, 0.25) is 0 Å². The van der Waals surface area contributed by atoms with Gasteiger partial charge in [-0.2, -0.15) is 5.26 Å². The van der Waals surface area contributed by atoms with Crippen LogP contribution in [0.15, 0.2) is 0 Å². The first-order chi connectivity index (χ1) is 5.57. The van der Waals surface area contributed by atoms with Crippen LogP contribution in [-0.4, -0.2) is 23.6 Å². The normalized spacial score (nSPS) is 48.4. The molecule has 0 radical (unpaired) electrons. The third-order valence-corrected chi connectivity index (χ3v) is 2.39. The van der Waals surface area contributed by atoms with E-state index in [1.807, 2.05) is 0 Å². The van der Waals surface area contributed by atoms with E-state index >= 15 is 0 Å². The monoisotopic (exact) mass is 175 g/mol. The van der Waals surface area contributed by atoms with Crippen molar-refractivity contribution >= 4 is 0 Å². The molecule has 0 heterocycles. The van der Waals surface area contributed by atoms with Crippen molar-refractivity contribution in [3.8, 4) is 6.07 Å². The van der Waals surface area contributed by atoms with Gasteiger partial charge in [0.05, 0.1) is 12.2 Å². The maximum atomic E-state index is 13.0. The van der Waals surface area contributed by atoms with Crippen molar-refractivity contribution in [2.75, 3.05) is 0 Å². The fourth-order valence-electron chi connectivity index (χ4n) is 1.52. The van der Waals surface area contributed by atoms with Crippen LogP contribution in [0.25, 0.3) is 0 Å². The molecule has 0 bridgehead atoms. The van der Waals surface area contributed by atoms with Crippen LogP contribution in [0.2, 0.25) is 0 Å². The molecular weight excluding hydrogens is 164 g/mol. The molecule has 5 atom stereocenters. The van der Waals surface area contributed by atoms with E-state index in [4.69, 9.17) is 5.26 Å². The Balaban J connectivity index is 2.74. The molecule has 68 valence electrons. The lowest BCUT2D eigenvalue weighted by molar-refractivity contribution is -0.0449. The van der Waals surface area contributed by atoms with E-state index in [-0.39, 0.29) is 6.42 Å². The molecule has 12 heavy (non-hydrogen) atoms. The molecule has 4 heteroatoms. The summed E-state index contributed by atoms with van der Waals surface area (Å²) in [5, 5.41) is 17.6. The zero-order chi connectivity index (χ0) is 9.30. The molecule has 1 N–H and O–H groups in total. The number of nitrogens with zero attached hydrogens (tertiary/aromatic N) is 1. The Morgan fingerprint density at radius 2 is 2.08 bits per heavy atom. The molecule has 1 aliphatic rings. The minimum Gasteiger partial charge on any atom is -0.390 e. The largest absolute Gasteiger partial charge is 0.390 e. The van der Waals surface area contributed by atoms with Crippen molar-refractivity contribution < 1.29 is 13.9 Å². The predicted octanol–water partition coefficient (Wildman–Crippen LogP) is 1.20. The summed E-state index contributed by atoms with van der Waals surface area (Å²) >= 11 is 0. The Labute approximate surface area is 69.8 Å². The SMILES string of the molecule is CC1CC(F)C(C#N)C(F)C1O. The van der Waals surface area contributed by atoms with Crippen LogP contribution in [-0.2, 0) is 0 Å². The lowest BCUT2D eigenvalue weighted by atomic mass is 9.79. The van der Waals surface area contributed by atoms with Gasteiger partial charge in [0.25, 0.3) is 0 Å². The third kappa shape index (κ3) is 1.42. The van der Waals surface area contributed by atoms with E-state index in [1.54, 1.807) is 13.0 Å². The fourth-order valence-corrected chi connectivity index (χ4v) is 1.52. The number of aliphatic hydroxyl groups excluding tert-OH is 1. The first kappa shape index (κ1) is 9.40. The van der Waals surface area contributed by atoms with Crippen LogP contribution in [0.1, 0.15) is 13.3 Å². The van der Waals surface area contributed by atoms with Gasteiger partial charge in [-0.1, -0.05) is 6.92 Å². The van der Waals surface area contributed by atoms with Gasteiger partial charge in [-0.05, 0) is 12.3 Å². The molecule has 0 spiro atoms. The van der Waals surface area contributed by atoms with Crippen LogP contribution in [0, 0.1) is 23.2 Å². The minimum absolute atomic E-state index is 0.0693. The molecule has 0 aromatic rings. The van der Waals surface area contributed by atoms with Crippen LogP contribution >= 0.6 is 0 Å². The quantitative estimate of drug-likeness (QED) is 0.601. The summed E-state index contributed by atoms with van der Waals surface area (Å²) in [6.45, 7) is 1.58. The molecule has 2 nitrogen and oxygen atoms in total. The number of alkyl halides is 2. The molecule has 0 aliphatic heterocycles. The molecule has 1 aliphatic carbocycles. The first-order valence-corrected chi connectivity index (χ1v) is 3.93. The lowest BCUT2D eigenvalue weighted by Gasteiger charge is -2.33. The lowest BCUT2D eigenvalue weighted by Crippen LogP contribution is -2.44.